The second-order valence-electron chi connectivity index (χ2n) is 5.63. The van der Waals surface area contributed by atoms with E-state index in [0.717, 1.165) is 30.7 Å². The zero-order valence-corrected chi connectivity index (χ0v) is 13.2. The zero-order chi connectivity index (χ0) is 16.1. The molecule has 3 rings (SSSR count). The van der Waals surface area contributed by atoms with Crippen LogP contribution in [0.5, 0.6) is 5.88 Å². The Bertz CT molecular complexity index is 648. The quantitative estimate of drug-likeness (QED) is 0.883. The molecule has 1 aromatic heterocycles. The van der Waals surface area contributed by atoms with E-state index in [9.17, 15) is 4.79 Å². The number of carbonyl (C=O) groups excluding carboxylic acids is 1. The molecule has 0 bridgehead atoms. The van der Waals surface area contributed by atoms with Crippen molar-refractivity contribution in [1.29, 1.82) is 0 Å². The number of para-hydroxylation sites is 1. The van der Waals surface area contributed by atoms with Gasteiger partial charge < -0.3 is 14.8 Å². The van der Waals surface area contributed by atoms with Crippen molar-refractivity contribution in [1.82, 2.24) is 15.1 Å². The van der Waals surface area contributed by atoms with E-state index in [1.54, 1.807) is 4.68 Å². The fraction of sp³-hybridized carbons (Fsp3) is 0.412. The van der Waals surface area contributed by atoms with Crippen molar-refractivity contribution < 1.29 is 14.3 Å². The summed E-state index contributed by atoms with van der Waals surface area (Å²) in [6.45, 7) is 3.19. The van der Waals surface area contributed by atoms with Gasteiger partial charge in [-0.05, 0) is 31.9 Å². The van der Waals surface area contributed by atoms with Crippen molar-refractivity contribution >= 4 is 5.91 Å². The van der Waals surface area contributed by atoms with Gasteiger partial charge in [0.2, 0.25) is 5.88 Å². The van der Waals surface area contributed by atoms with Gasteiger partial charge in [-0.25, -0.2) is 4.68 Å². The summed E-state index contributed by atoms with van der Waals surface area (Å²) in [6.07, 6.45) is 4.09. The van der Waals surface area contributed by atoms with Crippen LogP contribution >= 0.6 is 0 Å². The van der Waals surface area contributed by atoms with Gasteiger partial charge in [0.15, 0.2) is 6.61 Å². The summed E-state index contributed by atoms with van der Waals surface area (Å²) in [4.78, 5) is 11.8. The van der Waals surface area contributed by atoms with Crippen molar-refractivity contribution in [3.05, 3.63) is 42.1 Å². The minimum atomic E-state index is -0.158. The fourth-order valence-corrected chi connectivity index (χ4v) is 2.52. The second-order valence-corrected chi connectivity index (χ2v) is 5.63. The second kappa shape index (κ2) is 7.28. The van der Waals surface area contributed by atoms with Crippen LogP contribution in [0.4, 0.5) is 0 Å². The number of nitrogens with zero attached hydrogens (tertiary/aromatic N) is 2. The van der Waals surface area contributed by atoms with E-state index in [4.69, 9.17) is 9.47 Å². The summed E-state index contributed by atoms with van der Waals surface area (Å²) in [6, 6.07) is 9.78. The molecule has 1 N–H and O–H groups in total. The molecule has 23 heavy (non-hydrogen) atoms. The Balaban J connectivity index is 1.52. The van der Waals surface area contributed by atoms with E-state index in [-0.39, 0.29) is 18.6 Å². The molecule has 0 spiro atoms. The molecule has 6 heteroatoms. The molecule has 1 saturated heterocycles. The predicted octanol–water partition coefficient (Wildman–Crippen LogP) is 1.85. The first-order chi connectivity index (χ1) is 11.2. The Labute approximate surface area is 135 Å². The standard InChI is InChI=1S/C17H21N3O3/c1-13-11-20(14-6-3-2-4-7-14)19-17(13)23-12-16(21)18-10-15-8-5-9-22-15/h2-4,6-7,11,15H,5,8-10,12H2,1H3,(H,18,21). The summed E-state index contributed by atoms with van der Waals surface area (Å²) >= 11 is 0. The van der Waals surface area contributed by atoms with Crippen molar-refractivity contribution in [2.75, 3.05) is 19.8 Å². The molecule has 1 unspecified atom stereocenters. The first-order valence-corrected chi connectivity index (χ1v) is 7.85. The highest BCUT2D eigenvalue weighted by molar-refractivity contribution is 5.77. The maximum absolute atomic E-state index is 11.8. The Morgan fingerprint density at radius 2 is 2.26 bits per heavy atom. The van der Waals surface area contributed by atoms with E-state index >= 15 is 0 Å². The number of carbonyl (C=O) groups is 1. The van der Waals surface area contributed by atoms with Crippen molar-refractivity contribution in [2.24, 2.45) is 0 Å². The smallest absolute Gasteiger partial charge is 0.258 e. The summed E-state index contributed by atoms with van der Waals surface area (Å²) in [7, 11) is 0. The molecule has 122 valence electrons. The van der Waals surface area contributed by atoms with Crippen LogP contribution in [0.2, 0.25) is 0 Å². The molecule has 1 atom stereocenters. The molecule has 6 nitrogen and oxygen atoms in total. The summed E-state index contributed by atoms with van der Waals surface area (Å²) in [5.41, 5.74) is 1.84. The maximum atomic E-state index is 11.8. The van der Waals surface area contributed by atoms with Crippen LogP contribution in [0, 0.1) is 6.92 Å². The normalized spacial score (nSPS) is 17.2. The van der Waals surface area contributed by atoms with Gasteiger partial charge in [-0.1, -0.05) is 18.2 Å². The number of amides is 1. The van der Waals surface area contributed by atoms with Gasteiger partial charge in [-0.3, -0.25) is 4.79 Å². The Morgan fingerprint density at radius 1 is 1.43 bits per heavy atom. The number of hydrogen-bond donors (Lipinski definition) is 1. The van der Waals surface area contributed by atoms with Crippen molar-refractivity contribution in [3.63, 3.8) is 0 Å². The number of hydrogen-bond acceptors (Lipinski definition) is 4. The molecule has 0 saturated carbocycles. The minimum absolute atomic E-state index is 0.0423. The van der Waals surface area contributed by atoms with E-state index in [1.807, 2.05) is 43.5 Å². The monoisotopic (exact) mass is 315 g/mol. The highest BCUT2D eigenvalue weighted by Gasteiger charge is 2.16. The Hall–Kier alpha value is -2.34. The lowest BCUT2D eigenvalue weighted by Crippen LogP contribution is -2.35. The molecule has 1 aliphatic heterocycles. The minimum Gasteiger partial charge on any atom is -0.466 e. The SMILES string of the molecule is Cc1cn(-c2ccccc2)nc1OCC(=O)NCC1CCCO1. The van der Waals surface area contributed by atoms with Crippen LogP contribution in [-0.4, -0.2) is 41.6 Å². The van der Waals surface area contributed by atoms with Crippen LogP contribution in [-0.2, 0) is 9.53 Å². The maximum Gasteiger partial charge on any atom is 0.258 e. The number of nitrogens with one attached hydrogen (secondary N) is 1. The number of benzene rings is 1. The van der Waals surface area contributed by atoms with Crippen LogP contribution in [0.15, 0.2) is 36.5 Å². The third kappa shape index (κ3) is 4.10. The number of aryl methyl sites for hydroxylation is 1. The lowest BCUT2D eigenvalue weighted by atomic mass is 10.2. The van der Waals surface area contributed by atoms with Gasteiger partial charge >= 0.3 is 0 Å². The average Bonchev–Trinajstić information content (AvgIpc) is 3.21. The van der Waals surface area contributed by atoms with Gasteiger partial charge in [-0.2, -0.15) is 0 Å². The zero-order valence-electron chi connectivity index (χ0n) is 13.2. The van der Waals surface area contributed by atoms with Crippen LogP contribution in [0.3, 0.4) is 0 Å². The van der Waals surface area contributed by atoms with Crippen molar-refractivity contribution in [2.45, 2.75) is 25.9 Å². The summed E-state index contributed by atoms with van der Waals surface area (Å²) in [5.74, 6) is 0.315. The van der Waals surface area contributed by atoms with E-state index in [0.29, 0.717) is 12.4 Å². The van der Waals surface area contributed by atoms with Gasteiger partial charge in [0, 0.05) is 24.9 Å². The Kier molecular flexibility index (Phi) is 4.92. The topological polar surface area (TPSA) is 65.4 Å². The molecular weight excluding hydrogens is 294 g/mol. The summed E-state index contributed by atoms with van der Waals surface area (Å²) in [5, 5.41) is 7.21. The molecule has 1 aliphatic rings. The lowest BCUT2D eigenvalue weighted by molar-refractivity contribution is -0.123. The highest BCUT2D eigenvalue weighted by atomic mass is 16.5. The number of rotatable bonds is 6. The first kappa shape index (κ1) is 15.6. The molecule has 1 amide bonds. The van der Waals surface area contributed by atoms with Gasteiger partial charge in [0.1, 0.15) is 0 Å². The van der Waals surface area contributed by atoms with E-state index in [1.165, 1.54) is 0 Å². The number of ether oxygens (including phenoxy) is 2. The molecule has 0 radical (unpaired) electrons. The highest BCUT2D eigenvalue weighted by Crippen LogP contribution is 2.17. The van der Waals surface area contributed by atoms with Gasteiger partial charge in [-0.15, -0.1) is 5.10 Å². The third-order valence-electron chi connectivity index (χ3n) is 3.76. The first-order valence-electron chi connectivity index (χ1n) is 7.85. The van der Waals surface area contributed by atoms with Crippen molar-refractivity contribution in [3.8, 4) is 11.6 Å². The molecule has 1 aromatic carbocycles. The lowest BCUT2D eigenvalue weighted by Gasteiger charge is -2.10. The Morgan fingerprint density at radius 3 is 3.00 bits per heavy atom. The largest absolute Gasteiger partial charge is 0.466 e. The van der Waals surface area contributed by atoms with Crippen LogP contribution in [0.25, 0.3) is 5.69 Å². The third-order valence-corrected chi connectivity index (χ3v) is 3.76. The van der Waals surface area contributed by atoms with E-state index in [2.05, 4.69) is 10.4 Å². The predicted molar refractivity (Wildman–Crippen MR) is 85.8 cm³/mol. The van der Waals surface area contributed by atoms with Gasteiger partial charge in [0.05, 0.1) is 11.8 Å². The van der Waals surface area contributed by atoms with Crippen LogP contribution in [0.1, 0.15) is 18.4 Å². The molecule has 0 aliphatic carbocycles. The van der Waals surface area contributed by atoms with E-state index < -0.39 is 0 Å². The average molecular weight is 315 g/mol. The number of aromatic nitrogens is 2. The van der Waals surface area contributed by atoms with Gasteiger partial charge in [0.25, 0.3) is 5.91 Å². The summed E-state index contributed by atoms with van der Waals surface area (Å²) < 4.78 is 12.7. The molecule has 2 heterocycles. The molecule has 1 fully saturated rings. The van der Waals surface area contributed by atoms with Crippen LogP contribution < -0.4 is 10.1 Å². The molecular formula is C17H21N3O3. The molecule has 2 aromatic rings. The fourth-order valence-electron chi connectivity index (χ4n) is 2.52.